The fourth-order valence-corrected chi connectivity index (χ4v) is 5.19. The van der Waals surface area contributed by atoms with Crippen molar-refractivity contribution in [1.29, 1.82) is 0 Å². The van der Waals surface area contributed by atoms with Crippen molar-refractivity contribution in [3.8, 4) is 22.6 Å². The highest BCUT2D eigenvalue weighted by molar-refractivity contribution is 6.04. The van der Waals surface area contributed by atoms with Crippen molar-refractivity contribution in [1.82, 2.24) is 4.90 Å². The van der Waals surface area contributed by atoms with Crippen molar-refractivity contribution in [3.05, 3.63) is 108 Å². The van der Waals surface area contributed by atoms with Gasteiger partial charge in [0, 0.05) is 49.7 Å². The monoisotopic (exact) mass is 535 g/mol. The molecule has 0 atom stereocenters. The van der Waals surface area contributed by atoms with Crippen LogP contribution in [0.25, 0.3) is 11.1 Å². The van der Waals surface area contributed by atoms with Gasteiger partial charge in [-0.3, -0.25) is 9.69 Å². The number of methoxy groups -OCH3 is 1. The second kappa shape index (κ2) is 12.7. The molecule has 4 aromatic rings. The van der Waals surface area contributed by atoms with E-state index in [0.29, 0.717) is 12.2 Å². The number of carbonyl (C=O) groups excluding carboxylic acids is 1. The van der Waals surface area contributed by atoms with Crippen LogP contribution in [-0.2, 0) is 6.54 Å². The summed E-state index contributed by atoms with van der Waals surface area (Å²) in [5, 5.41) is 2.94. The summed E-state index contributed by atoms with van der Waals surface area (Å²) in [4.78, 5) is 17.6. The highest BCUT2D eigenvalue weighted by Crippen LogP contribution is 2.28. The van der Waals surface area contributed by atoms with E-state index in [4.69, 9.17) is 9.47 Å². The van der Waals surface area contributed by atoms with E-state index in [2.05, 4.69) is 58.4 Å². The predicted octanol–water partition coefficient (Wildman–Crippen LogP) is 6.64. The minimum atomic E-state index is -0.121. The summed E-state index contributed by atoms with van der Waals surface area (Å²) in [6.45, 7) is 9.71. The molecule has 1 aliphatic heterocycles. The van der Waals surface area contributed by atoms with Crippen LogP contribution in [0.15, 0.2) is 91.0 Å². The third-order valence-electron chi connectivity index (χ3n) is 7.37. The largest absolute Gasteiger partial charge is 0.497 e. The Morgan fingerprint density at radius 3 is 2.27 bits per heavy atom. The topological polar surface area (TPSA) is 54.0 Å². The number of aryl methyl sites for hydroxylation is 1. The van der Waals surface area contributed by atoms with Gasteiger partial charge in [-0.15, -0.1) is 0 Å². The molecule has 0 saturated carbocycles. The standard InChI is InChI=1S/C34H37N3O3/c1-4-40-32-7-5-6-28(23-32)33-17-8-26(22-25(33)2)24-36-18-20-37(21-19-36)30-13-9-27(10-14-30)34(38)35-29-11-15-31(39-3)16-12-29/h5-17,22-23H,4,18-21,24H2,1-3H3,(H,35,38). The lowest BCUT2D eigenvalue weighted by molar-refractivity contribution is 0.102. The first kappa shape index (κ1) is 27.3. The van der Waals surface area contributed by atoms with Gasteiger partial charge in [0.1, 0.15) is 11.5 Å². The van der Waals surface area contributed by atoms with Crippen LogP contribution in [0.5, 0.6) is 11.5 Å². The number of rotatable bonds is 9. The molecule has 0 unspecified atom stereocenters. The summed E-state index contributed by atoms with van der Waals surface area (Å²) in [5.41, 5.74) is 7.58. The Balaban J connectivity index is 1.14. The van der Waals surface area contributed by atoms with Gasteiger partial charge < -0.3 is 19.7 Å². The maximum atomic E-state index is 12.7. The van der Waals surface area contributed by atoms with E-state index < -0.39 is 0 Å². The number of anilines is 2. The molecule has 0 spiro atoms. The van der Waals surface area contributed by atoms with Gasteiger partial charge in [-0.2, -0.15) is 0 Å². The van der Waals surface area contributed by atoms with Gasteiger partial charge >= 0.3 is 0 Å². The van der Waals surface area contributed by atoms with Gasteiger partial charge in [-0.25, -0.2) is 0 Å². The third-order valence-corrected chi connectivity index (χ3v) is 7.37. The quantitative estimate of drug-likeness (QED) is 0.260. The second-order valence-corrected chi connectivity index (χ2v) is 10.1. The fraction of sp³-hybridized carbons (Fsp3) is 0.265. The van der Waals surface area contributed by atoms with Crippen molar-refractivity contribution in [2.45, 2.75) is 20.4 Å². The van der Waals surface area contributed by atoms with Gasteiger partial charge in [0.2, 0.25) is 0 Å². The number of nitrogens with one attached hydrogen (secondary N) is 1. The first-order valence-electron chi connectivity index (χ1n) is 13.9. The highest BCUT2D eigenvalue weighted by Gasteiger charge is 2.18. The van der Waals surface area contributed by atoms with Crippen LogP contribution >= 0.6 is 0 Å². The van der Waals surface area contributed by atoms with E-state index in [1.54, 1.807) is 7.11 Å². The Hall–Kier alpha value is -4.29. The Morgan fingerprint density at radius 2 is 1.60 bits per heavy atom. The average Bonchev–Trinajstić information content (AvgIpc) is 2.98. The zero-order chi connectivity index (χ0) is 27.9. The normalized spacial score (nSPS) is 13.6. The number of piperazine rings is 1. The van der Waals surface area contributed by atoms with Crippen LogP contribution in [0, 0.1) is 6.92 Å². The van der Waals surface area contributed by atoms with Gasteiger partial charge in [0.05, 0.1) is 13.7 Å². The van der Waals surface area contributed by atoms with Crippen LogP contribution in [0.3, 0.4) is 0 Å². The molecule has 0 bridgehead atoms. The predicted molar refractivity (Wildman–Crippen MR) is 163 cm³/mol. The molecule has 1 heterocycles. The summed E-state index contributed by atoms with van der Waals surface area (Å²) in [6, 6.07) is 30.3. The summed E-state index contributed by atoms with van der Waals surface area (Å²) < 4.78 is 10.9. The summed E-state index contributed by atoms with van der Waals surface area (Å²) in [5.74, 6) is 1.55. The maximum Gasteiger partial charge on any atom is 0.255 e. The van der Waals surface area contributed by atoms with Crippen molar-refractivity contribution in [2.24, 2.45) is 0 Å². The zero-order valence-corrected chi connectivity index (χ0v) is 23.5. The molecule has 1 fully saturated rings. The Labute approximate surface area is 237 Å². The van der Waals surface area contributed by atoms with Crippen molar-refractivity contribution in [3.63, 3.8) is 0 Å². The van der Waals surface area contributed by atoms with E-state index in [9.17, 15) is 4.79 Å². The summed E-state index contributed by atoms with van der Waals surface area (Å²) in [6.07, 6.45) is 0. The molecule has 0 radical (unpaired) electrons. The SMILES string of the molecule is CCOc1cccc(-c2ccc(CN3CCN(c4ccc(C(=O)Nc5ccc(OC)cc5)cc4)CC3)cc2C)c1. The maximum absolute atomic E-state index is 12.7. The number of ether oxygens (including phenoxy) is 2. The highest BCUT2D eigenvalue weighted by atomic mass is 16.5. The van der Waals surface area contributed by atoms with Gasteiger partial charge in [0.25, 0.3) is 5.91 Å². The van der Waals surface area contributed by atoms with Crippen LogP contribution in [0.2, 0.25) is 0 Å². The van der Waals surface area contributed by atoms with E-state index in [1.807, 2.05) is 61.5 Å². The first-order chi connectivity index (χ1) is 19.5. The lowest BCUT2D eigenvalue weighted by atomic mass is 9.98. The molecule has 1 aliphatic rings. The smallest absolute Gasteiger partial charge is 0.255 e. The van der Waals surface area contributed by atoms with E-state index >= 15 is 0 Å². The van der Waals surface area contributed by atoms with Crippen LogP contribution in [0.4, 0.5) is 11.4 Å². The number of nitrogens with zero attached hydrogens (tertiary/aromatic N) is 2. The van der Waals surface area contributed by atoms with Gasteiger partial charge in [0.15, 0.2) is 0 Å². The molecule has 1 amide bonds. The number of benzene rings is 4. The lowest BCUT2D eigenvalue weighted by Crippen LogP contribution is -2.46. The van der Waals surface area contributed by atoms with Crippen molar-refractivity contribution in [2.75, 3.05) is 50.1 Å². The van der Waals surface area contributed by atoms with E-state index in [0.717, 1.165) is 55.6 Å². The molecular formula is C34H37N3O3. The first-order valence-corrected chi connectivity index (χ1v) is 13.9. The molecule has 4 aromatic carbocycles. The molecule has 6 heteroatoms. The molecule has 0 aliphatic carbocycles. The zero-order valence-electron chi connectivity index (χ0n) is 23.5. The van der Waals surface area contributed by atoms with Gasteiger partial charge in [-0.1, -0.05) is 30.3 Å². The second-order valence-electron chi connectivity index (χ2n) is 10.1. The summed E-state index contributed by atoms with van der Waals surface area (Å²) in [7, 11) is 1.62. The number of hydrogen-bond acceptors (Lipinski definition) is 5. The molecule has 206 valence electrons. The van der Waals surface area contributed by atoms with Crippen molar-refractivity contribution >= 4 is 17.3 Å². The molecule has 1 saturated heterocycles. The lowest BCUT2D eigenvalue weighted by Gasteiger charge is -2.36. The molecule has 0 aromatic heterocycles. The fourth-order valence-electron chi connectivity index (χ4n) is 5.19. The number of carbonyl (C=O) groups is 1. The van der Waals surface area contributed by atoms with E-state index in [1.165, 1.54) is 22.3 Å². The van der Waals surface area contributed by atoms with Gasteiger partial charge in [-0.05, 0) is 96.8 Å². The third kappa shape index (κ3) is 6.64. The summed E-state index contributed by atoms with van der Waals surface area (Å²) >= 11 is 0. The molecule has 6 nitrogen and oxygen atoms in total. The minimum absolute atomic E-state index is 0.121. The number of hydrogen-bond donors (Lipinski definition) is 1. The minimum Gasteiger partial charge on any atom is -0.497 e. The van der Waals surface area contributed by atoms with Crippen LogP contribution in [0.1, 0.15) is 28.4 Å². The Bertz CT molecular complexity index is 1430. The molecular weight excluding hydrogens is 498 g/mol. The van der Waals surface area contributed by atoms with Crippen LogP contribution < -0.4 is 19.7 Å². The van der Waals surface area contributed by atoms with Crippen LogP contribution in [-0.4, -0.2) is 50.7 Å². The average molecular weight is 536 g/mol. The van der Waals surface area contributed by atoms with Crippen molar-refractivity contribution < 1.29 is 14.3 Å². The Kier molecular flexibility index (Phi) is 8.67. The molecule has 40 heavy (non-hydrogen) atoms. The van der Waals surface area contributed by atoms with E-state index in [-0.39, 0.29) is 5.91 Å². The number of amides is 1. The molecule has 5 rings (SSSR count). The molecule has 1 N–H and O–H groups in total. The Morgan fingerprint density at radius 1 is 0.850 bits per heavy atom.